The van der Waals surface area contributed by atoms with E-state index in [0.717, 1.165) is 38.5 Å². The number of carbonyl (C=O) groups is 1. The fraction of sp³-hybridized carbons (Fsp3) is 0.938. The van der Waals surface area contributed by atoms with E-state index >= 15 is 0 Å². The Kier molecular flexibility index (Phi) is 5.63. The lowest BCUT2D eigenvalue weighted by Gasteiger charge is -2.45. The third-order valence-electron chi connectivity index (χ3n) is 4.80. The number of esters is 1. The summed E-state index contributed by atoms with van der Waals surface area (Å²) < 4.78 is 5.25. The molecular formula is C16H31N3O2. The summed E-state index contributed by atoms with van der Waals surface area (Å²) >= 11 is 0. The van der Waals surface area contributed by atoms with E-state index in [2.05, 4.69) is 24.5 Å². The van der Waals surface area contributed by atoms with Crippen LogP contribution in [0.1, 0.15) is 59.3 Å². The maximum Gasteiger partial charge on any atom is 0.326 e. The third kappa shape index (κ3) is 3.96. The highest BCUT2D eigenvalue weighted by molar-refractivity contribution is 5.82. The molecule has 0 amide bonds. The monoisotopic (exact) mass is 297 g/mol. The van der Waals surface area contributed by atoms with Crippen LogP contribution < -0.4 is 16.4 Å². The Labute approximate surface area is 128 Å². The maximum atomic E-state index is 12.2. The van der Waals surface area contributed by atoms with E-state index in [-0.39, 0.29) is 12.0 Å². The molecule has 2 aliphatic rings. The smallest absolute Gasteiger partial charge is 0.326 e. The van der Waals surface area contributed by atoms with Gasteiger partial charge in [0.25, 0.3) is 0 Å². The lowest BCUT2D eigenvalue weighted by atomic mass is 9.74. The first-order chi connectivity index (χ1) is 9.97. The second-order valence-electron chi connectivity index (χ2n) is 6.90. The van der Waals surface area contributed by atoms with E-state index in [1.54, 1.807) is 0 Å². The van der Waals surface area contributed by atoms with Crippen molar-refractivity contribution >= 4 is 5.97 Å². The number of nitrogens with two attached hydrogens (primary N) is 1. The first-order valence-corrected chi connectivity index (χ1v) is 8.43. The average Bonchev–Trinajstić information content (AvgIpc) is 2.36. The van der Waals surface area contributed by atoms with Gasteiger partial charge in [-0.15, -0.1) is 0 Å². The van der Waals surface area contributed by atoms with Crippen molar-refractivity contribution in [1.29, 1.82) is 0 Å². The minimum absolute atomic E-state index is 0.0766. The number of nitrogens with one attached hydrogen (secondary N) is 2. The number of hydrogen-bond acceptors (Lipinski definition) is 5. The van der Waals surface area contributed by atoms with E-state index < -0.39 is 5.54 Å². The molecule has 0 spiro atoms. The van der Waals surface area contributed by atoms with Crippen LogP contribution in [-0.4, -0.2) is 42.3 Å². The van der Waals surface area contributed by atoms with Gasteiger partial charge < -0.3 is 15.8 Å². The highest BCUT2D eigenvalue weighted by Gasteiger charge is 2.47. The van der Waals surface area contributed by atoms with Crippen molar-refractivity contribution in [3.8, 4) is 0 Å². The van der Waals surface area contributed by atoms with E-state index in [0.29, 0.717) is 24.7 Å². The van der Waals surface area contributed by atoms with Crippen LogP contribution in [0.15, 0.2) is 0 Å². The van der Waals surface area contributed by atoms with Gasteiger partial charge in [0, 0.05) is 24.2 Å². The summed E-state index contributed by atoms with van der Waals surface area (Å²) in [5, 5.41) is 7.12. The quantitative estimate of drug-likeness (QED) is 0.644. The summed E-state index contributed by atoms with van der Waals surface area (Å²) in [5.41, 5.74) is 5.88. The molecule has 3 unspecified atom stereocenters. The Morgan fingerprint density at radius 3 is 2.57 bits per heavy atom. The van der Waals surface area contributed by atoms with Crippen LogP contribution in [-0.2, 0) is 9.53 Å². The molecule has 2 fully saturated rings. The Hall–Kier alpha value is -0.650. The number of hydrogen-bond donors (Lipinski definition) is 3. The second-order valence-corrected chi connectivity index (χ2v) is 6.90. The van der Waals surface area contributed by atoms with Gasteiger partial charge in [-0.2, -0.15) is 0 Å². The van der Waals surface area contributed by atoms with E-state index in [1.807, 2.05) is 6.92 Å². The molecule has 0 radical (unpaired) electrons. The Morgan fingerprint density at radius 2 is 2.10 bits per heavy atom. The standard InChI is InChI=1S/C16H31N3O2/c1-4-21-15(20)16(8-5-9-16)19-12-6-7-14(13(17)10-12)18-11(2)3/h11-14,18-19H,4-10,17H2,1-3H3. The molecule has 5 nitrogen and oxygen atoms in total. The Morgan fingerprint density at radius 1 is 1.38 bits per heavy atom. The first kappa shape index (κ1) is 16.7. The van der Waals surface area contributed by atoms with Gasteiger partial charge in [0.15, 0.2) is 0 Å². The molecule has 2 aliphatic carbocycles. The molecule has 5 heteroatoms. The zero-order chi connectivity index (χ0) is 15.5. The van der Waals surface area contributed by atoms with Gasteiger partial charge in [-0.1, -0.05) is 13.8 Å². The molecule has 2 saturated carbocycles. The third-order valence-corrected chi connectivity index (χ3v) is 4.80. The highest BCUT2D eigenvalue weighted by Crippen LogP contribution is 2.35. The Balaban J connectivity index is 1.88. The fourth-order valence-corrected chi connectivity index (χ4v) is 3.57. The minimum Gasteiger partial charge on any atom is -0.465 e. The van der Waals surface area contributed by atoms with Gasteiger partial charge in [-0.05, 0) is 45.4 Å². The lowest BCUT2D eigenvalue weighted by molar-refractivity contribution is -0.156. The van der Waals surface area contributed by atoms with Crippen molar-refractivity contribution in [2.45, 2.75) is 89.0 Å². The number of carbonyl (C=O) groups excluding carboxylic acids is 1. The summed E-state index contributed by atoms with van der Waals surface area (Å²) in [4.78, 5) is 12.2. The maximum absolute atomic E-state index is 12.2. The molecule has 0 aromatic heterocycles. The van der Waals surface area contributed by atoms with Crippen LogP contribution in [0, 0.1) is 0 Å². The number of rotatable bonds is 6. The summed E-state index contributed by atoms with van der Waals surface area (Å²) in [6, 6.07) is 1.33. The predicted molar refractivity (Wildman–Crippen MR) is 84.0 cm³/mol. The van der Waals surface area contributed by atoms with Gasteiger partial charge in [0.1, 0.15) is 5.54 Å². The van der Waals surface area contributed by atoms with Gasteiger partial charge >= 0.3 is 5.97 Å². The molecule has 0 bridgehead atoms. The van der Waals surface area contributed by atoms with Crippen LogP contribution in [0.2, 0.25) is 0 Å². The molecule has 0 aromatic carbocycles. The van der Waals surface area contributed by atoms with Crippen molar-refractivity contribution < 1.29 is 9.53 Å². The van der Waals surface area contributed by atoms with Crippen molar-refractivity contribution in [3.05, 3.63) is 0 Å². The predicted octanol–water partition coefficient (Wildman–Crippen LogP) is 1.31. The molecule has 0 aliphatic heterocycles. The summed E-state index contributed by atoms with van der Waals surface area (Å²) in [6.45, 7) is 6.62. The summed E-state index contributed by atoms with van der Waals surface area (Å²) in [5.74, 6) is -0.0766. The van der Waals surface area contributed by atoms with Crippen LogP contribution >= 0.6 is 0 Å². The summed E-state index contributed by atoms with van der Waals surface area (Å²) in [6.07, 6.45) is 5.94. The van der Waals surface area contributed by atoms with Gasteiger partial charge in [0.05, 0.1) is 6.61 Å². The van der Waals surface area contributed by atoms with Crippen molar-refractivity contribution in [2.24, 2.45) is 5.73 Å². The lowest BCUT2D eigenvalue weighted by Crippen LogP contribution is -2.63. The first-order valence-electron chi connectivity index (χ1n) is 8.43. The van der Waals surface area contributed by atoms with Crippen LogP contribution in [0.4, 0.5) is 0 Å². The zero-order valence-corrected chi connectivity index (χ0v) is 13.7. The van der Waals surface area contributed by atoms with Gasteiger partial charge in [0.2, 0.25) is 0 Å². The zero-order valence-electron chi connectivity index (χ0n) is 13.7. The van der Waals surface area contributed by atoms with Gasteiger partial charge in [-0.3, -0.25) is 10.1 Å². The number of ether oxygens (including phenoxy) is 1. The van der Waals surface area contributed by atoms with Crippen molar-refractivity contribution in [2.75, 3.05) is 6.61 Å². The van der Waals surface area contributed by atoms with Crippen LogP contribution in [0.5, 0.6) is 0 Å². The van der Waals surface area contributed by atoms with E-state index in [4.69, 9.17) is 10.5 Å². The van der Waals surface area contributed by atoms with E-state index in [1.165, 1.54) is 0 Å². The Bertz CT molecular complexity index is 355. The fourth-order valence-electron chi connectivity index (χ4n) is 3.57. The van der Waals surface area contributed by atoms with Crippen molar-refractivity contribution in [3.63, 3.8) is 0 Å². The molecule has 0 aromatic rings. The molecule has 4 N–H and O–H groups in total. The topological polar surface area (TPSA) is 76.4 Å². The van der Waals surface area contributed by atoms with Crippen molar-refractivity contribution in [1.82, 2.24) is 10.6 Å². The van der Waals surface area contributed by atoms with Crippen LogP contribution in [0.25, 0.3) is 0 Å². The summed E-state index contributed by atoms with van der Waals surface area (Å²) in [7, 11) is 0. The molecule has 21 heavy (non-hydrogen) atoms. The molecule has 0 saturated heterocycles. The second kappa shape index (κ2) is 7.07. The molecule has 2 rings (SSSR count). The molecular weight excluding hydrogens is 266 g/mol. The molecule has 3 atom stereocenters. The molecule has 0 heterocycles. The SMILES string of the molecule is CCOC(=O)C1(NC2CCC(NC(C)C)C(N)C2)CCC1. The normalized spacial score (nSPS) is 31.8. The van der Waals surface area contributed by atoms with Gasteiger partial charge in [-0.25, -0.2) is 0 Å². The molecule has 122 valence electrons. The minimum atomic E-state index is -0.432. The average molecular weight is 297 g/mol. The highest BCUT2D eigenvalue weighted by atomic mass is 16.5. The van der Waals surface area contributed by atoms with Crippen LogP contribution in [0.3, 0.4) is 0 Å². The largest absolute Gasteiger partial charge is 0.465 e. The van der Waals surface area contributed by atoms with E-state index in [9.17, 15) is 4.79 Å².